The molecule has 5 atom stereocenters. The molecule has 4 amide bonds. The second-order valence-corrected chi connectivity index (χ2v) is 7.53. The van der Waals surface area contributed by atoms with E-state index in [-0.39, 0.29) is 35.5 Å². The maximum Gasteiger partial charge on any atom is 0.320 e. The molecule has 6 nitrogen and oxygen atoms in total. The van der Waals surface area contributed by atoms with E-state index < -0.39 is 12.2 Å². The van der Waals surface area contributed by atoms with Crippen molar-refractivity contribution in [3.63, 3.8) is 0 Å². The van der Waals surface area contributed by atoms with Crippen LogP contribution in [0.15, 0.2) is 36.4 Å². The average molecular weight is 353 g/mol. The summed E-state index contributed by atoms with van der Waals surface area (Å²) < 4.78 is 0. The van der Waals surface area contributed by atoms with Crippen molar-refractivity contribution in [3.8, 4) is 0 Å². The van der Waals surface area contributed by atoms with Crippen LogP contribution >= 0.6 is 0 Å². The maximum absolute atomic E-state index is 12.9. The molecule has 4 aliphatic rings. The number of allylic oxidation sites excluding steroid dienone is 2. The molecule has 2 bridgehead atoms. The van der Waals surface area contributed by atoms with Crippen LogP contribution in [0, 0.1) is 30.6 Å². The second-order valence-electron chi connectivity index (χ2n) is 7.53. The Morgan fingerprint density at radius 1 is 1.12 bits per heavy atom. The highest BCUT2D eigenvalue weighted by Gasteiger charge is 2.57. The number of nitrogens with one attached hydrogen (secondary N) is 2. The molecule has 1 aromatic carbocycles. The number of aryl methyl sites for hydroxylation is 1. The van der Waals surface area contributed by atoms with Gasteiger partial charge in [-0.1, -0.05) is 24.3 Å². The maximum atomic E-state index is 12.9. The van der Waals surface area contributed by atoms with Gasteiger partial charge in [0.2, 0.25) is 11.8 Å². The first-order chi connectivity index (χ1) is 12.5. The normalized spacial score (nSPS) is 30.3. The summed E-state index contributed by atoms with van der Waals surface area (Å²) in [5.74, 6) is -0.505. The lowest BCUT2D eigenvalue weighted by atomic mass is 9.63. The van der Waals surface area contributed by atoms with Crippen LogP contribution in [0.4, 0.5) is 10.5 Å². The molecule has 1 heterocycles. The Morgan fingerprint density at radius 2 is 1.73 bits per heavy atom. The molecule has 2 N–H and O–H groups in total. The Kier molecular flexibility index (Phi) is 4.05. The molecular weight excluding hydrogens is 330 g/mol. The summed E-state index contributed by atoms with van der Waals surface area (Å²) in [5, 5.41) is 5.47. The van der Waals surface area contributed by atoms with E-state index in [0.717, 1.165) is 18.4 Å². The van der Waals surface area contributed by atoms with Crippen molar-refractivity contribution < 1.29 is 14.4 Å². The molecule has 0 aromatic heterocycles. The van der Waals surface area contributed by atoms with E-state index >= 15 is 0 Å². The number of nitrogens with zero attached hydrogens (tertiary/aromatic N) is 1. The fourth-order valence-electron chi connectivity index (χ4n) is 4.62. The third-order valence-electron chi connectivity index (χ3n) is 5.80. The number of likely N-dealkylation sites (tertiary alicyclic amines) is 1. The minimum atomic E-state index is -0.676. The third kappa shape index (κ3) is 2.69. The number of urea groups is 1. The summed E-state index contributed by atoms with van der Waals surface area (Å²) in [7, 11) is 0. The van der Waals surface area contributed by atoms with E-state index in [1.165, 1.54) is 4.90 Å². The summed E-state index contributed by atoms with van der Waals surface area (Å²) in [6, 6.07) is 7.02. The van der Waals surface area contributed by atoms with E-state index in [2.05, 4.69) is 22.8 Å². The van der Waals surface area contributed by atoms with Gasteiger partial charge >= 0.3 is 6.03 Å². The molecule has 0 spiro atoms. The molecule has 1 saturated heterocycles. The van der Waals surface area contributed by atoms with Crippen molar-refractivity contribution in [1.82, 2.24) is 10.2 Å². The molecule has 2 fully saturated rings. The van der Waals surface area contributed by atoms with Crippen LogP contribution in [-0.4, -0.2) is 28.9 Å². The number of amides is 4. The van der Waals surface area contributed by atoms with Crippen LogP contribution in [0.2, 0.25) is 0 Å². The fourth-order valence-corrected chi connectivity index (χ4v) is 4.62. The molecule has 5 rings (SSSR count). The first-order valence-electron chi connectivity index (χ1n) is 9.15. The van der Waals surface area contributed by atoms with Crippen LogP contribution in [0.5, 0.6) is 0 Å². The number of hydrogen-bond donors (Lipinski definition) is 2. The molecule has 1 saturated carbocycles. The third-order valence-corrected chi connectivity index (χ3v) is 5.80. The lowest BCUT2D eigenvalue weighted by Gasteiger charge is -2.38. The van der Waals surface area contributed by atoms with Crippen LogP contribution in [0.25, 0.3) is 0 Å². The summed E-state index contributed by atoms with van der Waals surface area (Å²) in [5.41, 5.74) is 1.71. The number of hydrogen-bond acceptors (Lipinski definition) is 3. The number of rotatable bonds is 3. The summed E-state index contributed by atoms with van der Waals surface area (Å²) >= 11 is 0. The zero-order valence-corrected chi connectivity index (χ0v) is 14.9. The summed E-state index contributed by atoms with van der Waals surface area (Å²) in [6.45, 7) is 3.62. The first-order valence-corrected chi connectivity index (χ1v) is 9.15. The van der Waals surface area contributed by atoms with Crippen LogP contribution < -0.4 is 10.6 Å². The molecule has 3 aliphatic carbocycles. The second kappa shape index (κ2) is 6.27. The fraction of sp³-hybridized carbons (Fsp3) is 0.450. The highest BCUT2D eigenvalue weighted by Crippen LogP contribution is 2.49. The number of benzene rings is 1. The van der Waals surface area contributed by atoms with E-state index in [4.69, 9.17) is 0 Å². The Labute approximate surface area is 152 Å². The zero-order chi connectivity index (χ0) is 18.4. The smallest absolute Gasteiger partial charge is 0.317 e. The molecule has 6 heteroatoms. The number of anilines is 1. The minimum absolute atomic E-state index is 0.151. The molecular formula is C20H23N3O3. The topological polar surface area (TPSA) is 78.5 Å². The Hall–Kier alpha value is -2.63. The van der Waals surface area contributed by atoms with Gasteiger partial charge in [-0.3, -0.25) is 14.5 Å². The number of imide groups is 1. The molecule has 26 heavy (non-hydrogen) atoms. The van der Waals surface area contributed by atoms with Gasteiger partial charge in [-0.15, -0.1) is 0 Å². The monoisotopic (exact) mass is 353 g/mol. The predicted molar refractivity (Wildman–Crippen MR) is 97.0 cm³/mol. The van der Waals surface area contributed by atoms with Gasteiger partial charge in [0, 0.05) is 5.69 Å². The highest BCUT2D eigenvalue weighted by atomic mass is 16.2. The van der Waals surface area contributed by atoms with Gasteiger partial charge in [-0.05, 0) is 56.2 Å². The number of fused-ring (bicyclic) bond motifs is 1. The minimum Gasteiger partial charge on any atom is -0.317 e. The van der Waals surface area contributed by atoms with Gasteiger partial charge in [-0.25, -0.2) is 4.79 Å². The Morgan fingerprint density at radius 3 is 2.27 bits per heavy atom. The van der Waals surface area contributed by atoms with Crippen LogP contribution in [-0.2, 0) is 9.59 Å². The number of carbonyl (C=O) groups is 3. The van der Waals surface area contributed by atoms with Gasteiger partial charge in [0.25, 0.3) is 0 Å². The molecule has 1 aromatic rings. The van der Waals surface area contributed by atoms with E-state index in [9.17, 15) is 14.4 Å². The lowest BCUT2D eigenvalue weighted by Crippen LogP contribution is -2.50. The van der Waals surface area contributed by atoms with Crippen molar-refractivity contribution in [2.45, 2.75) is 32.9 Å². The quantitative estimate of drug-likeness (QED) is 0.648. The van der Waals surface area contributed by atoms with Crippen LogP contribution in [0.3, 0.4) is 0 Å². The van der Waals surface area contributed by atoms with E-state index in [1.807, 2.05) is 25.1 Å². The summed E-state index contributed by atoms with van der Waals surface area (Å²) in [4.78, 5) is 39.3. The predicted octanol–water partition coefficient (Wildman–Crippen LogP) is 2.66. The van der Waals surface area contributed by atoms with Crippen molar-refractivity contribution >= 4 is 23.5 Å². The van der Waals surface area contributed by atoms with Gasteiger partial charge < -0.3 is 10.6 Å². The summed E-state index contributed by atoms with van der Waals surface area (Å²) in [6.07, 6.45) is 5.43. The highest BCUT2D eigenvalue weighted by molar-refractivity contribution is 6.06. The molecule has 136 valence electrons. The average Bonchev–Trinajstić information content (AvgIpc) is 2.89. The zero-order valence-electron chi connectivity index (χ0n) is 14.9. The SMILES string of the molecule is Cc1cccc(NC(=O)N[C@H](C)N2C(=O)[C@@H]3[C@@H](C2=O)[C@H]2C=C[C@H]3CC2)c1. The van der Waals surface area contributed by atoms with Crippen molar-refractivity contribution in [3.05, 3.63) is 42.0 Å². The largest absolute Gasteiger partial charge is 0.320 e. The van der Waals surface area contributed by atoms with Crippen molar-refractivity contribution in [1.29, 1.82) is 0 Å². The lowest BCUT2D eigenvalue weighted by molar-refractivity contribution is -0.142. The van der Waals surface area contributed by atoms with Gasteiger partial charge in [0.15, 0.2) is 0 Å². The van der Waals surface area contributed by atoms with Gasteiger partial charge in [0.1, 0.15) is 6.17 Å². The Balaban J connectivity index is 1.45. The van der Waals surface area contributed by atoms with Gasteiger partial charge in [-0.2, -0.15) is 0 Å². The van der Waals surface area contributed by atoms with Crippen molar-refractivity contribution in [2.24, 2.45) is 23.7 Å². The Bertz CT molecular complexity index is 771. The molecule has 0 radical (unpaired) electrons. The standard InChI is InChI=1S/C20H23N3O3/c1-11-4-3-5-15(10-11)22-20(26)21-12(2)23-18(24)16-13-6-7-14(9-8-13)17(16)19(23)25/h3-7,10,12-14,16-17H,8-9H2,1-2H3,(H2,21,22,26)/t12-,13-,14-,16-,17-/m0/s1. The van der Waals surface area contributed by atoms with Gasteiger partial charge in [0.05, 0.1) is 11.8 Å². The van der Waals surface area contributed by atoms with E-state index in [1.54, 1.807) is 13.0 Å². The van der Waals surface area contributed by atoms with E-state index in [0.29, 0.717) is 5.69 Å². The number of carbonyl (C=O) groups excluding carboxylic acids is 3. The molecule has 0 unspecified atom stereocenters. The first kappa shape index (κ1) is 16.8. The van der Waals surface area contributed by atoms with Crippen molar-refractivity contribution in [2.75, 3.05) is 5.32 Å². The van der Waals surface area contributed by atoms with Crippen LogP contribution in [0.1, 0.15) is 25.3 Å². The molecule has 1 aliphatic heterocycles.